The third-order valence-corrected chi connectivity index (χ3v) is 4.51. The molecule has 0 amide bonds. The van der Waals surface area contributed by atoms with Gasteiger partial charge in [0.1, 0.15) is 0 Å². The van der Waals surface area contributed by atoms with E-state index in [1.807, 2.05) is 6.08 Å². The van der Waals surface area contributed by atoms with E-state index in [0.717, 1.165) is 12.3 Å². The first-order valence-electron chi connectivity index (χ1n) is 6.77. The number of thioether (sulfide) groups is 1. The Hall–Kier alpha value is 0.0500. The summed E-state index contributed by atoms with van der Waals surface area (Å²) in [7, 11) is 0. The minimum absolute atomic E-state index is 0.455. The van der Waals surface area contributed by atoms with Crippen LogP contribution in [0.1, 0.15) is 51.4 Å². The van der Waals surface area contributed by atoms with Gasteiger partial charge in [0.2, 0.25) is 0 Å². The lowest BCUT2D eigenvalue weighted by molar-refractivity contribution is 0.388. The Balaban J connectivity index is 1.96. The molecule has 1 aliphatic heterocycles. The third kappa shape index (κ3) is 6.59. The zero-order valence-corrected chi connectivity index (χ0v) is 11.3. The number of unbranched alkanes of at least 4 members (excludes halogenated alkanes) is 3. The summed E-state index contributed by atoms with van der Waals surface area (Å²) in [6.45, 7) is 3.74. The molecule has 0 spiro atoms. The molecule has 1 atom stereocenters. The normalized spacial score (nSPS) is 19.6. The van der Waals surface area contributed by atoms with Crippen molar-refractivity contribution in [2.75, 3.05) is 11.5 Å². The van der Waals surface area contributed by atoms with Crippen molar-refractivity contribution >= 4 is 11.8 Å². The average Bonchev–Trinajstić information content (AvgIpc) is 2.30. The molecule has 1 aliphatic rings. The molecule has 2 N–H and O–H groups in total. The molecule has 0 radical (unpaired) electrons. The van der Waals surface area contributed by atoms with E-state index in [4.69, 9.17) is 5.73 Å². The maximum Gasteiger partial charge on any atom is 0.00414 e. The maximum absolute atomic E-state index is 6.19. The van der Waals surface area contributed by atoms with Gasteiger partial charge in [0.25, 0.3) is 0 Å². The molecule has 1 heterocycles. The summed E-state index contributed by atoms with van der Waals surface area (Å²) in [5, 5.41) is 0. The van der Waals surface area contributed by atoms with Crippen LogP contribution in [0.2, 0.25) is 0 Å². The monoisotopic (exact) mass is 241 g/mol. The van der Waals surface area contributed by atoms with Crippen molar-refractivity contribution in [2.24, 2.45) is 11.7 Å². The van der Waals surface area contributed by atoms with E-state index >= 15 is 0 Å². The first-order chi connectivity index (χ1) is 7.83. The van der Waals surface area contributed by atoms with Gasteiger partial charge >= 0.3 is 0 Å². The molecular weight excluding hydrogens is 214 g/mol. The predicted octanol–water partition coefficient (Wildman–Crippen LogP) is 3.98. The second kappa shape index (κ2) is 9.12. The van der Waals surface area contributed by atoms with Crippen LogP contribution in [0.25, 0.3) is 0 Å². The zero-order chi connectivity index (χ0) is 11.6. The van der Waals surface area contributed by atoms with Crippen LogP contribution in [-0.4, -0.2) is 17.5 Å². The van der Waals surface area contributed by atoms with E-state index in [1.165, 1.54) is 56.5 Å². The molecule has 0 aromatic rings. The molecule has 2 heteroatoms. The summed E-state index contributed by atoms with van der Waals surface area (Å²) in [4.78, 5) is 0. The van der Waals surface area contributed by atoms with E-state index in [0.29, 0.717) is 6.04 Å². The van der Waals surface area contributed by atoms with Crippen molar-refractivity contribution in [3.05, 3.63) is 12.7 Å². The smallest absolute Gasteiger partial charge is 0.00414 e. The Kier molecular flexibility index (Phi) is 8.04. The maximum atomic E-state index is 6.19. The highest BCUT2D eigenvalue weighted by Gasteiger charge is 2.16. The minimum Gasteiger partial charge on any atom is -0.328 e. The Morgan fingerprint density at radius 1 is 1.25 bits per heavy atom. The van der Waals surface area contributed by atoms with E-state index in [1.54, 1.807) is 0 Å². The molecule has 0 aromatic heterocycles. The molecule has 1 saturated heterocycles. The van der Waals surface area contributed by atoms with Crippen LogP contribution in [0, 0.1) is 5.92 Å². The van der Waals surface area contributed by atoms with Crippen molar-refractivity contribution in [2.45, 2.75) is 57.4 Å². The SMILES string of the molecule is C=CCCCCCC(N)CC1CCSCC1. The third-order valence-electron chi connectivity index (χ3n) is 3.46. The Bertz CT molecular complexity index is 176. The van der Waals surface area contributed by atoms with E-state index in [2.05, 4.69) is 18.3 Å². The summed E-state index contributed by atoms with van der Waals surface area (Å²) < 4.78 is 0. The highest BCUT2D eigenvalue weighted by atomic mass is 32.2. The van der Waals surface area contributed by atoms with Gasteiger partial charge in [0.05, 0.1) is 0 Å². The second-order valence-electron chi connectivity index (χ2n) is 4.98. The van der Waals surface area contributed by atoms with Crippen molar-refractivity contribution < 1.29 is 0 Å². The van der Waals surface area contributed by atoms with Crippen LogP contribution in [0.15, 0.2) is 12.7 Å². The first kappa shape index (κ1) is 14.1. The van der Waals surface area contributed by atoms with Gasteiger partial charge in [-0.05, 0) is 55.9 Å². The molecule has 0 bridgehead atoms. The molecule has 16 heavy (non-hydrogen) atoms. The molecule has 1 unspecified atom stereocenters. The van der Waals surface area contributed by atoms with Crippen molar-refractivity contribution in [3.63, 3.8) is 0 Å². The van der Waals surface area contributed by atoms with Gasteiger partial charge in [-0.3, -0.25) is 0 Å². The van der Waals surface area contributed by atoms with Crippen LogP contribution in [0.5, 0.6) is 0 Å². The molecule has 1 nitrogen and oxygen atoms in total. The molecule has 0 saturated carbocycles. The molecule has 94 valence electrons. The summed E-state index contributed by atoms with van der Waals surface area (Å²) in [5.74, 6) is 3.64. The van der Waals surface area contributed by atoms with E-state index in [9.17, 15) is 0 Å². The Labute approximate surface area is 105 Å². The molecule has 0 aliphatic carbocycles. The average molecular weight is 241 g/mol. The van der Waals surface area contributed by atoms with Gasteiger partial charge in [-0.15, -0.1) is 6.58 Å². The quantitative estimate of drug-likeness (QED) is 0.514. The summed E-state index contributed by atoms with van der Waals surface area (Å²) >= 11 is 2.10. The van der Waals surface area contributed by atoms with Gasteiger partial charge in [-0.25, -0.2) is 0 Å². The van der Waals surface area contributed by atoms with Crippen LogP contribution in [-0.2, 0) is 0 Å². The molecular formula is C14H27NS. The van der Waals surface area contributed by atoms with E-state index in [-0.39, 0.29) is 0 Å². The molecule has 1 fully saturated rings. The Morgan fingerprint density at radius 2 is 2.00 bits per heavy atom. The van der Waals surface area contributed by atoms with Crippen LogP contribution < -0.4 is 5.73 Å². The van der Waals surface area contributed by atoms with Crippen LogP contribution >= 0.6 is 11.8 Å². The highest BCUT2D eigenvalue weighted by molar-refractivity contribution is 7.99. The van der Waals surface area contributed by atoms with E-state index < -0.39 is 0 Å². The number of hydrogen-bond acceptors (Lipinski definition) is 2. The van der Waals surface area contributed by atoms with Gasteiger partial charge in [-0.1, -0.05) is 18.9 Å². The Morgan fingerprint density at radius 3 is 2.69 bits per heavy atom. The zero-order valence-electron chi connectivity index (χ0n) is 10.5. The predicted molar refractivity (Wildman–Crippen MR) is 75.9 cm³/mol. The molecule has 1 rings (SSSR count). The topological polar surface area (TPSA) is 26.0 Å². The second-order valence-corrected chi connectivity index (χ2v) is 6.20. The summed E-state index contributed by atoms with van der Waals surface area (Å²) in [5.41, 5.74) is 6.19. The van der Waals surface area contributed by atoms with Crippen molar-refractivity contribution in [3.8, 4) is 0 Å². The largest absolute Gasteiger partial charge is 0.328 e. The standard InChI is InChI=1S/C14H27NS/c1-2-3-4-5-6-7-14(15)12-13-8-10-16-11-9-13/h2,13-14H,1,3-12,15H2. The number of nitrogens with two attached hydrogens (primary N) is 1. The first-order valence-corrected chi connectivity index (χ1v) is 7.92. The van der Waals surface area contributed by atoms with Crippen molar-refractivity contribution in [1.29, 1.82) is 0 Å². The molecule has 0 aromatic carbocycles. The van der Waals surface area contributed by atoms with Crippen LogP contribution in [0.3, 0.4) is 0 Å². The van der Waals surface area contributed by atoms with Gasteiger partial charge in [0, 0.05) is 6.04 Å². The van der Waals surface area contributed by atoms with Crippen LogP contribution in [0.4, 0.5) is 0 Å². The number of allylic oxidation sites excluding steroid dienone is 1. The lowest BCUT2D eigenvalue weighted by Crippen LogP contribution is -2.25. The lowest BCUT2D eigenvalue weighted by atomic mass is 9.92. The summed E-state index contributed by atoms with van der Waals surface area (Å²) in [6.07, 6.45) is 12.4. The fourth-order valence-corrected chi connectivity index (χ4v) is 3.60. The van der Waals surface area contributed by atoms with Crippen molar-refractivity contribution in [1.82, 2.24) is 0 Å². The highest BCUT2D eigenvalue weighted by Crippen LogP contribution is 2.26. The number of hydrogen-bond donors (Lipinski definition) is 1. The lowest BCUT2D eigenvalue weighted by Gasteiger charge is -2.24. The van der Waals surface area contributed by atoms with Gasteiger partial charge in [-0.2, -0.15) is 11.8 Å². The van der Waals surface area contributed by atoms with Gasteiger partial charge < -0.3 is 5.73 Å². The fraction of sp³-hybridized carbons (Fsp3) is 0.857. The fourth-order valence-electron chi connectivity index (χ4n) is 2.40. The summed E-state index contributed by atoms with van der Waals surface area (Å²) in [6, 6.07) is 0.455. The number of rotatable bonds is 8. The minimum atomic E-state index is 0.455. The van der Waals surface area contributed by atoms with Gasteiger partial charge in [0.15, 0.2) is 0 Å².